The second-order valence-corrected chi connectivity index (χ2v) is 8.85. The Hall–Kier alpha value is -1.60. The van der Waals surface area contributed by atoms with Crippen LogP contribution in [-0.2, 0) is 21.4 Å². The second kappa shape index (κ2) is 8.86. The lowest BCUT2D eigenvalue weighted by Crippen LogP contribution is -2.40. The van der Waals surface area contributed by atoms with Gasteiger partial charge in [-0.05, 0) is 42.3 Å². The average molecular weight is 415 g/mol. The molecule has 2 rings (SSSR count). The van der Waals surface area contributed by atoms with Crippen LogP contribution in [0.4, 0.5) is 0 Å². The van der Waals surface area contributed by atoms with Gasteiger partial charge in [0, 0.05) is 16.6 Å². The molecule has 5 nitrogen and oxygen atoms in total. The number of hydrogen-bond donors (Lipinski definition) is 1. The highest BCUT2D eigenvalue weighted by atomic mass is 35.5. The minimum absolute atomic E-state index is 0.0960. The van der Waals surface area contributed by atoms with Crippen molar-refractivity contribution < 1.29 is 13.2 Å². The van der Waals surface area contributed by atoms with Crippen molar-refractivity contribution >= 4 is 39.1 Å². The smallest absolute Gasteiger partial charge is 0.235 e. The fraction of sp³-hybridized carbons (Fsp3) is 0.278. The topological polar surface area (TPSA) is 66.5 Å². The number of rotatable bonds is 7. The van der Waals surface area contributed by atoms with E-state index in [1.54, 1.807) is 36.4 Å². The monoisotopic (exact) mass is 414 g/mol. The van der Waals surface area contributed by atoms with Crippen molar-refractivity contribution in [2.24, 2.45) is 0 Å². The normalized spacial score (nSPS) is 12.8. The van der Waals surface area contributed by atoms with Gasteiger partial charge < -0.3 is 5.32 Å². The number of carbonyl (C=O) groups excluding carboxylic acids is 1. The lowest BCUT2D eigenvalue weighted by Gasteiger charge is -2.21. The molecule has 0 aliphatic rings. The minimum Gasteiger partial charge on any atom is -0.348 e. The zero-order valence-electron chi connectivity index (χ0n) is 14.4. The molecule has 0 aromatic heterocycles. The zero-order chi connectivity index (χ0) is 19.3. The van der Waals surface area contributed by atoms with Gasteiger partial charge in [-0.3, -0.25) is 4.79 Å². The third-order valence-electron chi connectivity index (χ3n) is 3.81. The minimum atomic E-state index is -3.55. The van der Waals surface area contributed by atoms with Gasteiger partial charge in [0.05, 0.1) is 18.8 Å². The molecule has 0 aliphatic carbocycles. The summed E-state index contributed by atoms with van der Waals surface area (Å²) >= 11 is 11.7. The van der Waals surface area contributed by atoms with Crippen molar-refractivity contribution in [1.82, 2.24) is 9.62 Å². The molecule has 0 spiro atoms. The SMILES string of the molecule is C[C@@H](NC(=O)CN(Cc1ccc(Cl)cc1)S(C)(=O)=O)c1ccc(Cl)cc1. The first kappa shape index (κ1) is 20.7. The van der Waals surface area contributed by atoms with Crippen LogP contribution in [-0.4, -0.2) is 31.4 Å². The van der Waals surface area contributed by atoms with E-state index in [1.165, 1.54) is 0 Å². The molecule has 140 valence electrons. The summed E-state index contributed by atoms with van der Waals surface area (Å²) in [5.74, 6) is -0.383. The van der Waals surface area contributed by atoms with E-state index in [0.717, 1.165) is 21.7 Å². The van der Waals surface area contributed by atoms with Crippen LogP contribution in [0, 0.1) is 0 Å². The first-order valence-corrected chi connectivity index (χ1v) is 10.5. The molecule has 1 amide bonds. The summed E-state index contributed by atoms with van der Waals surface area (Å²) in [6, 6.07) is 13.7. The first-order chi connectivity index (χ1) is 12.1. The summed E-state index contributed by atoms with van der Waals surface area (Å²) in [5, 5.41) is 3.98. The van der Waals surface area contributed by atoms with Gasteiger partial charge in [-0.1, -0.05) is 47.5 Å². The summed E-state index contributed by atoms with van der Waals surface area (Å²) < 4.78 is 25.2. The maximum atomic E-state index is 12.3. The molecule has 26 heavy (non-hydrogen) atoms. The molecule has 0 radical (unpaired) electrons. The van der Waals surface area contributed by atoms with Crippen LogP contribution in [0.15, 0.2) is 48.5 Å². The number of nitrogens with zero attached hydrogens (tertiary/aromatic N) is 1. The van der Waals surface area contributed by atoms with Crippen molar-refractivity contribution in [2.75, 3.05) is 12.8 Å². The van der Waals surface area contributed by atoms with E-state index in [-0.39, 0.29) is 25.0 Å². The average Bonchev–Trinajstić information content (AvgIpc) is 2.56. The lowest BCUT2D eigenvalue weighted by molar-refractivity contribution is -0.122. The van der Waals surface area contributed by atoms with Crippen molar-refractivity contribution in [3.63, 3.8) is 0 Å². The molecule has 0 bridgehead atoms. The summed E-state index contributed by atoms with van der Waals surface area (Å²) in [6.45, 7) is 1.66. The number of sulfonamides is 1. The molecule has 0 heterocycles. The fourth-order valence-corrected chi connectivity index (χ4v) is 3.35. The Kier molecular flexibility index (Phi) is 7.06. The van der Waals surface area contributed by atoms with Crippen LogP contribution in [0.25, 0.3) is 0 Å². The van der Waals surface area contributed by atoms with Crippen LogP contribution in [0.2, 0.25) is 10.0 Å². The van der Waals surface area contributed by atoms with Crippen LogP contribution < -0.4 is 5.32 Å². The molecule has 0 unspecified atom stereocenters. The molecule has 1 atom stereocenters. The van der Waals surface area contributed by atoms with Crippen molar-refractivity contribution in [1.29, 1.82) is 0 Å². The molecule has 8 heteroatoms. The summed E-state index contributed by atoms with van der Waals surface area (Å²) in [5.41, 5.74) is 1.63. The molecule has 0 saturated carbocycles. The van der Waals surface area contributed by atoms with E-state index in [0.29, 0.717) is 10.0 Å². The Morgan fingerprint density at radius 1 is 1.04 bits per heavy atom. The Labute approximate surface area is 164 Å². The molecule has 0 aliphatic heterocycles. The maximum Gasteiger partial charge on any atom is 0.235 e. The number of benzene rings is 2. The Morgan fingerprint density at radius 3 is 2.04 bits per heavy atom. The predicted molar refractivity (Wildman–Crippen MR) is 105 cm³/mol. The summed E-state index contributed by atoms with van der Waals surface area (Å²) in [7, 11) is -3.55. The van der Waals surface area contributed by atoms with E-state index >= 15 is 0 Å². The van der Waals surface area contributed by atoms with Crippen molar-refractivity contribution in [2.45, 2.75) is 19.5 Å². The Bertz CT molecular complexity index is 853. The molecule has 2 aromatic carbocycles. The van der Waals surface area contributed by atoms with Crippen LogP contribution >= 0.6 is 23.2 Å². The zero-order valence-corrected chi connectivity index (χ0v) is 16.8. The van der Waals surface area contributed by atoms with Gasteiger partial charge in [0.1, 0.15) is 0 Å². The fourth-order valence-electron chi connectivity index (χ4n) is 2.37. The third-order valence-corrected chi connectivity index (χ3v) is 5.51. The van der Waals surface area contributed by atoms with Crippen LogP contribution in [0.3, 0.4) is 0 Å². The van der Waals surface area contributed by atoms with Gasteiger partial charge in [0.25, 0.3) is 0 Å². The summed E-state index contributed by atoms with van der Waals surface area (Å²) in [6.07, 6.45) is 1.08. The van der Waals surface area contributed by atoms with E-state index in [1.807, 2.05) is 19.1 Å². The number of hydrogen-bond acceptors (Lipinski definition) is 3. The van der Waals surface area contributed by atoms with E-state index in [2.05, 4.69) is 5.32 Å². The van der Waals surface area contributed by atoms with E-state index < -0.39 is 10.0 Å². The Morgan fingerprint density at radius 2 is 1.54 bits per heavy atom. The Balaban J connectivity index is 2.04. The standard InChI is InChI=1S/C18H20Cl2N2O3S/c1-13(15-5-9-17(20)10-6-15)21-18(23)12-22(26(2,24)25)11-14-3-7-16(19)8-4-14/h3-10,13H,11-12H2,1-2H3,(H,21,23)/t13-/m1/s1. The third kappa shape index (κ3) is 6.29. The van der Waals surface area contributed by atoms with Crippen LogP contribution in [0.1, 0.15) is 24.1 Å². The predicted octanol–water partition coefficient (Wildman–Crippen LogP) is 3.63. The van der Waals surface area contributed by atoms with Crippen LogP contribution in [0.5, 0.6) is 0 Å². The van der Waals surface area contributed by atoms with E-state index in [4.69, 9.17) is 23.2 Å². The maximum absolute atomic E-state index is 12.3. The molecule has 2 aromatic rings. The van der Waals surface area contributed by atoms with E-state index in [9.17, 15) is 13.2 Å². The van der Waals surface area contributed by atoms with Gasteiger partial charge in [-0.2, -0.15) is 4.31 Å². The molecule has 0 fully saturated rings. The van der Waals surface area contributed by atoms with Gasteiger partial charge in [-0.25, -0.2) is 8.42 Å². The quantitative estimate of drug-likeness (QED) is 0.751. The van der Waals surface area contributed by atoms with Gasteiger partial charge in [0.15, 0.2) is 0 Å². The lowest BCUT2D eigenvalue weighted by atomic mass is 10.1. The molecule has 1 N–H and O–H groups in total. The number of amides is 1. The highest BCUT2D eigenvalue weighted by molar-refractivity contribution is 7.88. The number of nitrogens with one attached hydrogen (secondary N) is 1. The number of halogens is 2. The molecule has 0 saturated heterocycles. The van der Waals surface area contributed by atoms with Gasteiger partial charge in [0.2, 0.25) is 15.9 Å². The second-order valence-electron chi connectivity index (χ2n) is 6.00. The van der Waals surface area contributed by atoms with Crippen molar-refractivity contribution in [3.05, 3.63) is 69.7 Å². The van der Waals surface area contributed by atoms with Gasteiger partial charge in [-0.15, -0.1) is 0 Å². The first-order valence-electron chi connectivity index (χ1n) is 7.89. The molecular weight excluding hydrogens is 395 g/mol. The molecular formula is C18H20Cl2N2O3S. The highest BCUT2D eigenvalue weighted by Crippen LogP contribution is 2.17. The summed E-state index contributed by atoms with van der Waals surface area (Å²) in [4.78, 5) is 12.3. The highest BCUT2D eigenvalue weighted by Gasteiger charge is 2.21. The van der Waals surface area contributed by atoms with Crippen molar-refractivity contribution in [3.8, 4) is 0 Å². The van der Waals surface area contributed by atoms with Gasteiger partial charge >= 0.3 is 0 Å². The number of carbonyl (C=O) groups is 1. The largest absolute Gasteiger partial charge is 0.348 e.